The maximum atomic E-state index is 13.2. The number of rotatable bonds is 26. The summed E-state index contributed by atoms with van der Waals surface area (Å²) in [5.74, 6) is -2.12. The van der Waals surface area contributed by atoms with Crippen molar-refractivity contribution in [1.82, 2.24) is 35.3 Å². The van der Waals surface area contributed by atoms with Crippen molar-refractivity contribution < 1.29 is 46.6 Å². The zero-order valence-electron chi connectivity index (χ0n) is 34.8. The zero-order valence-corrected chi connectivity index (χ0v) is 36.4. The lowest BCUT2D eigenvalue weighted by atomic mass is 9.95. The first-order valence-electron chi connectivity index (χ1n) is 19.6. The average Bonchev–Trinajstić information content (AvgIpc) is 3.90. The smallest absolute Gasteiger partial charge is 0.311 e. The minimum Gasteiger partial charge on any atom is -0.460 e. The van der Waals surface area contributed by atoms with E-state index in [2.05, 4.69) is 35.9 Å². The summed E-state index contributed by atoms with van der Waals surface area (Å²) in [7, 11) is -3.54. The number of thiazole rings is 1. The lowest BCUT2D eigenvalue weighted by molar-refractivity contribution is -0.154. The standard InChI is InChI=1S/C40H53N9O10S2/c1-40(2,3)38(54)59-23-27-10-12-30(13-11-27)45-35(52)28(8-5-6-14-41)18-33(51)25-58-24-32(50)9-7-16-57-17-15-49-22-31(47-48-49)21-42-36(53)34-26-60-37(46-34)29-19-43-39(44-20-29)61(4,55)56/h10-13,19-20,22,26,28H,5-9,14-18,21,23-25,41H2,1-4H3,(H,42,53)(H,45,52)/t28-/m1/s1. The van der Waals surface area contributed by atoms with E-state index in [-0.39, 0.29) is 73.5 Å². The third kappa shape index (κ3) is 16.9. The summed E-state index contributed by atoms with van der Waals surface area (Å²) in [6, 6.07) is 6.94. The van der Waals surface area contributed by atoms with Crippen LogP contribution in [-0.2, 0) is 62.9 Å². The third-order valence-corrected chi connectivity index (χ3v) is 10.5. The number of carbonyl (C=O) groups is 5. The topological polar surface area (TPSA) is 267 Å². The van der Waals surface area contributed by atoms with Crippen molar-refractivity contribution in [3.63, 3.8) is 0 Å². The van der Waals surface area contributed by atoms with Gasteiger partial charge >= 0.3 is 5.97 Å². The maximum absolute atomic E-state index is 13.2. The molecule has 0 spiro atoms. The Hall–Kier alpha value is -5.35. The van der Waals surface area contributed by atoms with Crippen molar-refractivity contribution in [3.8, 4) is 10.6 Å². The Kier molecular flexibility index (Phi) is 18.7. The van der Waals surface area contributed by atoms with Crippen molar-refractivity contribution in [2.45, 2.75) is 84.1 Å². The van der Waals surface area contributed by atoms with Crippen molar-refractivity contribution in [2.24, 2.45) is 17.1 Å². The predicted octanol–water partition coefficient (Wildman–Crippen LogP) is 3.34. The summed E-state index contributed by atoms with van der Waals surface area (Å²) in [6.45, 7) is 6.53. The molecule has 0 saturated carbocycles. The second-order valence-corrected chi connectivity index (χ2v) is 18.0. The number of ether oxygens (including phenoxy) is 3. The molecular weight excluding hydrogens is 831 g/mol. The first-order chi connectivity index (χ1) is 29.0. The van der Waals surface area contributed by atoms with E-state index in [0.29, 0.717) is 73.9 Å². The van der Waals surface area contributed by atoms with Gasteiger partial charge in [-0.3, -0.25) is 24.0 Å². The maximum Gasteiger partial charge on any atom is 0.311 e. The molecule has 3 heterocycles. The number of nitrogens with one attached hydrogen (secondary N) is 2. The first-order valence-corrected chi connectivity index (χ1v) is 22.4. The fourth-order valence-electron chi connectivity index (χ4n) is 5.39. The van der Waals surface area contributed by atoms with E-state index in [1.807, 2.05) is 0 Å². The Labute approximate surface area is 358 Å². The normalized spacial score (nSPS) is 12.1. The third-order valence-electron chi connectivity index (χ3n) is 8.75. The van der Waals surface area contributed by atoms with Crippen LogP contribution >= 0.6 is 11.3 Å². The molecule has 330 valence electrons. The molecule has 0 bridgehead atoms. The van der Waals surface area contributed by atoms with Gasteiger partial charge in [0.05, 0.1) is 31.3 Å². The Balaban J connectivity index is 1.08. The highest BCUT2D eigenvalue weighted by Crippen LogP contribution is 2.23. The number of esters is 1. The Morgan fingerprint density at radius 3 is 2.36 bits per heavy atom. The minimum atomic E-state index is -3.54. The highest BCUT2D eigenvalue weighted by molar-refractivity contribution is 7.90. The van der Waals surface area contributed by atoms with E-state index in [0.717, 1.165) is 11.8 Å². The molecule has 0 saturated heterocycles. The van der Waals surface area contributed by atoms with Crippen LogP contribution in [0.5, 0.6) is 0 Å². The van der Waals surface area contributed by atoms with E-state index in [4.69, 9.17) is 19.9 Å². The second-order valence-electron chi connectivity index (χ2n) is 15.2. The molecule has 4 aromatic rings. The number of nitrogens with two attached hydrogens (primary N) is 1. The molecule has 2 amide bonds. The largest absolute Gasteiger partial charge is 0.460 e. The molecule has 0 aliphatic carbocycles. The second kappa shape index (κ2) is 23.6. The number of Topliss-reactive ketones (excluding diaryl/α,β-unsaturated/α-hetero) is 2. The average molecular weight is 884 g/mol. The van der Waals surface area contributed by atoms with E-state index < -0.39 is 27.1 Å². The van der Waals surface area contributed by atoms with Crippen LogP contribution in [0.2, 0.25) is 0 Å². The molecule has 0 radical (unpaired) electrons. The van der Waals surface area contributed by atoms with E-state index >= 15 is 0 Å². The van der Waals surface area contributed by atoms with Crippen LogP contribution in [0.25, 0.3) is 10.6 Å². The van der Waals surface area contributed by atoms with Crippen LogP contribution in [0.15, 0.2) is 53.4 Å². The summed E-state index contributed by atoms with van der Waals surface area (Å²) < 4.78 is 41.1. The van der Waals surface area contributed by atoms with E-state index in [9.17, 15) is 32.4 Å². The monoisotopic (exact) mass is 883 g/mol. The summed E-state index contributed by atoms with van der Waals surface area (Å²) in [5, 5.41) is 15.4. The van der Waals surface area contributed by atoms with Crippen LogP contribution in [0.3, 0.4) is 0 Å². The molecule has 19 nitrogen and oxygen atoms in total. The molecule has 0 unspecified atom stereocenters. The van der Waals surface area contributed by atoms with E-state index in [1.54, 1.807) is 61.3 Å². The SMILES string of the molecule is CC(C)(C)C(=O)OCc1ccc(NC(=O)[C@H](CCCCN)CC(=O)COCC(=O)CCCOCCn2cc(CNC(=O)c3csc(-c4cnc(S(C)(=O)=O)nc4)n3)nn2)cc1. The summed E-state index contributed by atoms with van der Waals surface area (Å²) in [6.07, 6.45) is 7.82. The number of hydrogen-bond acceptors (Lipinski definition) is 17. The summed E-state index contributed by atoms with van der Waals surface area (Å²) in [5.41, 5.74) is 7.52. The van der Waals surface area contributed by atoms with Crippen molar-refractivity contribution in [1.29, 1.82) is 0 Å². The van der Waals surface area contributed by atoms with Crippen LogP contribution in [-0.4, -0.2) is 107 Å². The molecule has 1 aromatic carbocycles. The lowest BCUT2D eigenvalue weighted by Crippen LogP contribution is -2.27. The molecule has 1 atom stereocenters. The number of ketones is 2. The van der Waals surface area contributed by atoms with Gasteiger partial charge in [-0.05, 0) is 64.3 Å². The summed E-state index contributed by atoms with van der Waals surface area (Å²) in [4.78, 5) is 75.0. The van der Waals surface area contributed by atoms with Crippen LogP contribution in [0.4, 0.5) is 5.69 Å². The fraction of sp³-hybridized carbons (Fsp3) is 0.500. The van der Waals surface area contributed by atoms with Gasteiger partial charge in [-0.2, -0.15) is 0 Å². The number of hydrogen-bond donors (Lipinski definition) is 3. The van der Waals surface area contributed by atoms with Gasteiger partial charge in [0.1, 0.15) is 36.2 Å². The van der Waals surface area contributed by atoms with Gasteiger partial charge in [0.2, 0.25) is 20.9 Å². The Bertz CT molecular complexity index is 2190. The lowest BCUT2D eigenvalue weighted by Gasteiger charge is -2.17. The molecule has 61 heavy (non-hydrogen) atoms. The number of nitrogens with zero attached hydrogens (tertiary/aromatic N) is 6. The Morgan fingerprint density at radius 2 is 1.67 bits per heavy atom. The fourth-order valence-corrected chi connectivity index (χ4v) is 6.65. The number of unbranched alkanes of at least 4 members (excludes halogenated alkanes) is 1. The molecule has 4 N–H and O–H groups in total. The molecule has 21 heteroatoms. The highest BCUT2D eigenvalue weighted by Gasteiger charge is 2.24. The van der Waals surface area contributed by atoms with Gasteiger partial charge in [0.25, 0.3) is 5.91 Å². The van der Waals surface area contributed by atoms with Crippen LogP contribution < -0.4 is 16.4 Å². The van der Waals surface area contributed by atoms with Crippen LogP contribution in [0, 0.1) is 11.3 Å². The molecule has 0 fully saturated rings. The molecular formula is C40H53N9O10S2. The van der Waals surface area contributed by atoms with Crippen molar-refractivity contribution in [2.75, 3.05) is 44.5 Å². The van der Waals surface area contributed by atoms with Gasteiger partial charge in [-0.1, -0.05) is 23.8 Å². The number of aromatic nitrogens is 6. The number of amides is 2. The highest BCUT2D eigenvalue weighted by atomic mass is 32.2. The molecule has 4 rings (SSSR count). The quantitative estimate of drug-likeness (QED) is 0.0464. The minimum absolute atomic E-state index is 0.0419. The van der Waals surface area contributed by atoms with Crippen LogP contribution in [0.1, 0.15) is 81.0 Å². The molecule has 0 aliphatic heterocycles. The van der Waals surface area contributed by atoms with Crippen molar-refractivity contribution >= 4 is 56.2 Å². The van der Waals surface area contributed by atoms with E-state index in [1.165, 1.54) is 23.7 Å². The predicted molar refractivity (Wildman–Crippen MR) is 224 cm³/mol. The summed E-state index contributed by atoms with van der Waals surface area (Å²) >= 11 is 1.19. The number of benzene rings is 1. The number of carbonyl (C=O) groups excluding carboxylic acids is 5. The first kappa shape index (κ1) is 48.3. The van der Waals surface area contributed by atoms with Gasteiger partial charge in [-0.15, -0.1) is 16.4 Å². The van der Waals surface area contributed by atoms with Gasteiger partial charge in [-0.25, -0.2) is 28.1 Å². The van der Waals surface area contributed by atoms with Gasteiger partial charge in [0, 0.05) is 60.6 Å². The van der Waals surface area contributed by atoms with Gasteiger partial charge in [0.15, 0.2) is 11.6 Å². The number of anilines is 1. The zero-order chi connectivity index (χ0) is 44.4. The van der Waals surface area contributed by atoms with Crippen molar-refractivity contribution in [3.05, 3.63) is 65.2 Å². The van der Waals surface area contributed by atoms with Gasteiger partial charge < -0.3 is 30.6 Å². The molecule has 0 aliphatic rings. The molecule has 3 aromatic heterocycles. The Morgan fingerprint density at radius 1 is 0.951 bits per heavy atom. The number of sulfone groups is 1.